The van der Waals surface area contributed by atoms with Crippen LogP contribution in [0.25, 0.3) is 11.6 Å². The summed E-state index contributed by atoms with van der Waals surface area (Å²) in [4.78, 5) is 54.8. The number of anilines is 1. The molecule has 2 aliphatic rings. The molecule has 33 heavy (non-hydrogen) atoms. The Hall–Kier alpha value is -3.59. The summed E-state index contributed by atoms with van der Waals surface area (Å²) in [6, 6.07) is 4.88. The number of benzene rings is 1. The number of hydrogen-bond donors (Lipinski definition) is 3. The Balaban J connectivity index is 1.45. The lowest BCUT2D eigenvalue weighted by molar-refractivity contribution is -0.125. The van der Waals surface area contributed by atoms with Crippen LogP contribution in [0.2, 0.25) is 5.02 Å². The molecule has 0 atom stereocenters. The van der Waals surface area contributed by atoms with Crippen LogP contribution in [0.4, 0.5) is 10.5 Å². The number of likely N-dealkylation sites (N-methyl/N-ethyl adjacent to an activating group) is 1. The van der Waals surface area contributed by atoms with E-state index in [0.717, 1.165) is 0 Å². The zero-order valence-corrected chi connectivity index (χ0v) is 19.3. The summed E-state index contributed by atoms with van der Waals surface area (Å²) in [5.74, 6) is -0.731. The van der Waals surface area contributed by atoms with Gasteiger partial charge in [-0.15, -0.1) is 0 Å². The molecule has 5 amide bonds. The molecule has 0 saturated carbocycles. The van der Waals surface area contributed by atoms with Crippen molar-refractivity contribution in [1.29, 1.82) is 0 Å². The first kappa shape index (κ1) is 22.6. The largest absolute Gasteiger partial charge is 0.358 e. The van der Waals surface area contributed by atoms with Crippen molar-refractivity contribution >= 4 is 52.7 Å². The lowest BCUT2D eigenvalue weighted by Gasteiger charge is -2.14. The van der Waals surface area contributed by atoms with Gasteiger partial charge in [-0.05, 0) is 50.1 Å². The second-order valence-electron chi connectivity index (χ2n) is 8.16. The van der Waals surface area contributed by atoms with Crippen molar-refractivity contribution in [2.45, 2.75) is 20.3 Å². The number of H-pyrrole nitrogens is 1. The van der Waals surface area contributed by atoms with E-state index in [0.29, 0.717) is 57.3 Å². The van der Waals surface area contributed by atoms with E-state index in [4.69, 9.17) is 11.6 Å². The zero-order valence-electron chi connectivity index (χ0n) is 18.5. The van der Waals surface area contributed by atoms with Crippen LogP contribution in [0.15, 0.2) is 18.2 Å². The van der Waals surface area contributed by atoms with Gasteiger partial charge in [0.1, 0.15) is 6.54 Å². The molecule has 1 fully saturated rings. The summed E-state index contributed by atoms with van der Waals surface area (Å²) < 4.78 is 0. The molecule has 2 aromatic rings. The molecular weight excluding hydrogens is 446 g/mol. The summed E-state index contributed by atoms with van der Waals surface area (Å²) in [7, 11) is 1.58. The van der Waals surface area contributed by atoms with Crippen LogP contribution in [0, 0.1) is 13.8 Å². The lowest BCUT2D eigenvalue weighted by Crippen LogP contribution is -2.34. The number of hydrogen-bond acceptors (Lipinski definition) is 4. The summed E-state index contributed by atoms with van der Waals surface area (Å²) in [5.41, 5.74) is 4.41. The third-order valence-corrected chi connectivity index (χ3v) is 6.07. The van der Waals surface area contributed by atoms with E-state index in [9.17, 15) is 19.2 Å². The lowest BCUT2D eigenvalue weighted by atomic mass is 10.0. The second-order valence-corrected chi connectivity index (χ2v) is 8.60. The molecule has 0 unspecified atom stereocenters. The van der Waals surface area contributed by atoms with Crippen molar-refractivity contribution in [1.82, 2.24) is 20.1 Å². The number of amides is 5. The highest BCUT2D eigenvalue weighted by Gasteiger charge is 2.32. The average Bonchev–Trinajstić information content (AvgIpc) is 3.31. The van der Waals surface area contributed by atoms with Crippen LogP contribution in [-0.2, 0) is 9.59 Å². The van der Waals surface area contributed by atoms with Crippen molar-refractivity contribution in [3.05, 3.63) is 51.3 Å². The molecule has 3 heterocycles. The van der Waals surface area contributed by atoms with E-state index < -0.39 is 0 Å². The fourth-order valence-electron chi connectivity index (χ4n) is 4.12. The van der Waals surface area contributed by atoms with E-state index in [1.807, 2.05) is 6.92 Å². The van der Waals surface area contributed by atoms with Crippen LogP contribution in [0.1, 0.15) is 39.3 Å². The van der Waals surface area contributed by atoms with Gasteiger partial charge in [-0.1, -0.05) is 11.6 Å². The Morgan fingerprint density at radius 1 is 1.24 bits per heavy atom. The number of halogens is 1. The highest BCUT2D eigenvalue weighted by Crippen LogP contribution is 2.35. The minimum absolute atomic E-state index is 0.0833. The standard InChI is InChI=1S/C23H24ClN5O4/c1-12-18(10-16-15-9-14(24)5-6-17(15)27-21(16)31)26-13(2)20(12)22(32)25-7-4-8-29-19(30)11-28(3)23(29)33/h5-6,9-10,26H,4,7-8,11H2,1-3H3,(H,25,32)(H,27,31)/b16-10-. The highest BCUT2D eigenvalue weighted by molar-refractivity contribution is 6.36. The van der Waals surface area contributed by atoms with E-state index in [-0.39, 0.29) is 36.8 Å². The third kappa shape index (κ3) is 4.23. The second kappa shape index (κ2) is 8.74. The van der Waals surface area contributed by atoms with E-state index in [1.165, 1.54) is 9.80 Å². The zero-order chi connectivity index (χ0) is 23.9. The molecular formula is C23H24ClN5O4. The Morgan fingerprint density at radius 3 is 2.70 bits per heavy atom. The van der Waals surface area contributed by atoms with Crippen molar-refractivity contribution in [3.63, 3.8) is 0 Å². The van der Waals surface area contributed by atoms with Crippen LogP contribution in [-0.4, -0.2) is 65.2 Å². The number of fused-ring (bicyclic) bond motifs is 1. The minimum atomic E-state index is -0.319. The fourth-order valence-corrected chi connectivity index (χ4v) is 4.30. The topological polar surface area (TPSA) is 115 Å². The first-order valence-corrected chi connectivity index (χ1v) is 10.9. The molecule has 4 rings (SSSR count). The van der Waals surface area contributed by atoms with Gasteiger partial charge in [0.05, 0.1) is 11.1 Å². The van der Waals surface area contributed by atoms with Gasteiger partial charge in [0.15, 0.2) is 0 Å². The van der Waals surface area contributed by atoms with Gasteiger partial charge in [-0.2, -0.15) is 0 Å². The molecule has 1 saturated heterocycles. The number of carbonyl (C=O) groups excluding carboxylic acids is 4. The number of aromatic nitrogens is 1. The van der Waals surface area contributed by atoms with Gasteiger partial charge >= 0.3 is 6.03 Å². The quantitative estimate of drug-likeness (QED) is 0.343. The molecule has 0 radical (unpaired) electrons. The molecule has 1 aromatic heterocycles. The minimum Gasteiger partial charge on any atom is -0.358 e. The number of nitrogens with zero attached hydrogens (tertiary/aromatic N) is 2. The maximum atomic E-state index is 12.8. The number of urea groups is 1. The number of aryl methyl sites for hydroxylation is 1. The maximum Gasteiger partial charge on any atom is 0.326 e. The summed E-state index contributed by atoms with van der Waals surface area (Å²) in [6.45, 7) is 4.25. The highest BCUT2D eigenvalue weighted by atomic mass is 35.5. The van der Waals surface area contributed by atoms with E-state index in [2.05, 4.69) is 15.6 Å². The van der Waals surface area contributed by atoms with Gasteiger partial charge < -0.3 is 20.5 Å². The van der Waals surface area contributed by atoms with Crippen molar-refractivity contribution in [2.75, 3.05) is 32.0 Å². The van der Waals surface area contributed by atoms with Gasteiger partial charge in [0.25, 0.3) is 11.8 Å². The average molecular weight is 470 g/mol. The van der Waals surface area contributed by atoms with E-state index in [1.54, 1.807) is 38.2 Å². The van der Waals surface area contributed by atoms with Gasteiger partial charge in [-0.25, -0.2) is 4.79 Å². The summed E-state index contributed by atoms with van der Waals surface area (Å²) >= 11 is 6.10. The number of imide groups is 1. The van der Waals surface area contributed by atoms with Crippen LogP contribution in [0.5, 0.6) is 0 Å². The number of rotatable bonds is 6. The monoisotopic (exact) mass is 469 g/mol. The van der Waals surface area contributed by atoms with Gasteiger partial charge in [0, 0.05) is 47.8 Å². The van der Waals surface area contributed by atoms with E-state index >= 15 is 0 Å². The predicted molar refractivity (Wildman–Crippen MR) is 125 cm³/mol. The molecule has 10 heteroatoms. The van der Waals surface area contributed by atoms with Crippen LogP contribution < -0.4 is 10.6 Å². The molecule has 3 N–H and O–H groups in total. The normalized spacial score (nSPS) is 16.6. The smallest absolute Gasteiger partial charge is 0.326 e. The fraction of sp³-hybridized carbons (Fsp3) is 0.304. The van der Waals surface area contributed by atoms with Gasteiger partial charge in [-0.3, -0.25) is 19.3 Å². The van der Waals surface area contributed by atoms with Crippen molar-refractivity contribution in [3.8, 4) is 0 Å². The summed E-state index contributed by atoms with van der Waals surface area (Å²) in [5, 5.41) is 6.18. The number of aromatic amines is 1. The number of nitrogens with one attached hydrogen (secondary N) is 3. The first-order valence-electron chi connectivity index (χ1n) is 10.5. The Kier molecular flexibility index (Phi) is 5.99. The van der Waals surface area contributed by atoms with Crippen LogP contribution in [0.3, 0.4) is 0 Å². The molecule has 172 valence electrons. The van der Waals surface area contributed by atoms with Gasteiger partial charge in [0.2, 0.25) is 5.91 Å². The maximum absolute atomic E-state index is 12.8. The molecule has 1 aromatic carbocycles. The number of carbonyl (C=O) groups is 4. The van der Waals surface area contributed by atoms with Crippen LogP contribution >= 0.6 is 11.6 Å². The summed E-state index contributed by atoms with van der Waals surface area (Å²) in [6.07, 6.45) is 2.17. The van der Waals surface area contributed by atoms with Crippen molar-refractivity contribution in [2.24, 2.45) is 0 Å². The molecule has 0 bridgehead atoms. The molecule has 0 spiro atoms. The molecule has 9 nitrogen and oxygen atoms in total. The predicted octanol–water partition coefficient (Wildman–Crippen LogP) is 2.79. The molecule has 0 aliphatic carbocycles. The SMILES string of the molecule is Cc1[nH]c(/C=C2\C(=O)Nc3ccc(Cl)cc32)c(C)c1C(=O)NCCCN1C(=O)CN(C)C1=O. The third-order valence-electron chi connectivity index (χ3n) is 5.83. The van der Waals surface area contributed by atoms with Crippen molar-refractivity contribution < 1.29 is 19.2 Å². The Bertz CT molecular complexity index is 1220. The Labute approximate surface area is 195 Å². The first-order chi connectivity index (χ1) is 15.7. The molecule has 2 aliphatic heterocycles. The Morgan fingerprint density at radius 2 is 2.00 bits per heavy atom.